The highest BCUT2D eigenvalue weighted by Crippen LogP contribution is 2.39. The maximum atomic E-state index is 5.58. The fourth-order valence-electron chi connectivity index (χ4n) is 3.30. The van der Waals surface area contributed by atoms with Crippen LogP contribution >= 0.6 is 0 Å². The third-order valence-electron chi connectivity index (χ3n) is 4.55. The van der Waals surface area contributed by atoms with Gasteiger partial charge in [-0.1, -0.05) is 31.4 Å². The van der Waals surface area contributed by atoms with Gasteiger partial charge in [0.1, 0.15) is 5.75 Å². The standard InChI is InChI=1S/C19H31NO/c1-5-21-17-11-9-16(10-12-17)19(13-7-6-8-14-19)15-20-18(2,3)4/h9-12,20H,5-8,13-15H2,1-4H3. The summed E-state index contributed by atoms with van der Waals surface area (Å²) in [6.07, 6.45) is 6.67. The predicted molar refractivity (Wildman–Crippen MR) is 90.1 cm³/mol. The first-order valence-electron chi connectivity index (χ1n) is 8.44. The summed E-state index contributed by atoms with van der Waals surface area (Å²) in [5.74, 6) is 0.982. The molecule has 21 heavy (non-hydrogen) atoms. The highest BCUT2D eigenvalue weighted by Gasteiger charge is 2.34. The Bertz CT molecular complexity index is 424. The highest BCUT2D eigenvalue weighted by atomic mass is 16.5. The van der Waals surface area contributed by atoms with E-state index in [0.717, 1.165) is 18.9 Å². The van der Waals surface area contributed by atoms with Gasteiger partial charge in [-0.05, 0) is 58.2 Å². The number of hydrogen-bond acceptors (Lipinski definition) is 2. The van der Waals surface area contributed by atoms with Crippen LogP contribution < -0.4 is 10.1 Å². The molecule has 118 valence electrons. The Labute approximate surface area is 130 Å². The van der Waals surface area contributed by atoms with Crippen LogP contribution in [-0.4, -0.2) is 18.7 Å². The molecule has 0 aliphatic heterocycles. The van der Waals surface area contributed by atoms with E-state index >= 15 is 0 Å². The molecule has 0 radical (unpaired) electrons. The first-order valence-corrected chi connectivity index (χ1v) is 8.44. The molecule has 2 nitrogen and oxygen atoms in total. The summed E-state index contributed by atoms with van der Waals surface area (Å²) in [6.45, 7) is 10.6. The average Bonchev–Trinajstić information content (AvgIpc) is 2.47. The second kappa shape index (κ2) is 6.83. The fourth-order valence-corrected chi connectivity index (χ4v) is 3.30. The van der Waals surface area contributed by atoms with Gasteiger partial charge >= 0.3 is 0 Å². The molecule has 1 aliphatic carbocycles. The van der Waals surface area contributed by atoms with Crippen LogP contribution in [-0.2, 0) is 5.41 Å². The number of rotatable bonds is 5. The Morgan fingerprint density at radius 2 is 1.67 bits per heavy atom. The molecular weight excluding hydrogens is 258 g/mol. The first-order chi connectivity index (χ1) is 9.95. The van der Waals surface area contributed by atoms with Gasteiger partial charge in [0, 0.05) is 17.5 Å². The topological polar surface area (TPSA) is 21.3 Å². The quantitative estimate of drug-likeness (QED) is 0.850. The van der Waals surface area contributed by atoms with Crippen LogP contribution in [0, 0.1) is 0 Å². The predicted octanol–water partition coefficient (Wildman–Crippen LogP) is 4.68. The van der Waals surface area contributed by atoms with Crippen LogP contribution in [0.2, 0.25) is 0 Å². The SMILES string of the molecule is CCOc1ccc(C2(CNC(C)(C)C)CCCCC2)cc1. The van der Waals surface area contributed by atoms with Crippen molar-refractivity contribution in [2.45, 2.75) is 70.8 Å². The van der Waals surface area contributed by atoms with Gasteiger partial charge in [-0.3, -0.25) is 0 Å². The Kier molecular flexibility index (Phi) is 5.32. The van der Waals surface area contributed by atoms with Gasteiger partial charge in [0.25, 0.3) is 0 Å². The van der Waals surface area contributed by atoms with E-state index in [1.807, 2.05) is 6.92 Å². The summed E-state index contributed by atoms with van der Waals surface area (Å²) >= 11 is 0. The maximum Gasteiger partial charge on any atom is 0.119 e. The molecule has 0 spiro atoms. The minimum atomic E-state index is 0.176. The summed E-state index contributed by atoms with van der Waals surface area (Å²) in [4.78, 5) is 0. The summed E-state index contributed by atoms with van der Waals surface area (Å²) in [5.41, 5.74) is 1.95. The largest absolute Gasteiger partial charge is 0.494 e. The van der Waals surface area contributed by atoms with Crippen molar-refractivity contribution in [3.63, 3.8) is 0 Å². The molecular formula is C19H31NO. The van der Waals surface area contributed by atoms with Gasteiger partial charge in [0.05, 0.1) is 6.61 Å². The second-order valence-corrected chi connectivity index (χ2v) is 7.40. The van der Waals surface area contributed by atoms with Crippen molar-refractivity contribution in [1.29, 1.82) is 0 Å². The Morgan fingerprint density at radius 3 is 2.19 bits per heavy atom. The zero-order chi connectivity index (χ0) is 15.3. The molecule has 0 saturated heterocycles. The molecule has 2 heteroatoms. The van der Waals surface area contributed by atoms with Crippen LogP contribution in [0.25, 0.3) is 0 Å². The Balaban J connectivity index is 2.18. The lowest BCUT2D eigenvalue weighted by atomic mass is 9.69. The highest BCUT2D eigenvalue weighted by molar-refractivity contribution is 5.33. The van der Waals surface area contributed by atoms with Crippen LogP contribution in [0.1, 0.15) is 65.4 Å². The molecule has 0 unspecified atom stereocenters. The van der Waals surface area contributed by atoms with Crippen molar-refractivity contribution in [3.05, 3.63) is 29.8 Å². The van der Waals surface area contributed by atoms with Crippen molar-refractivity contribution in [2.24, 2.45) is 0 Å². The van der Waals surface area contributed by atoms with Crippen molar-refractivity contribution >= 4 is 0 Å². The monoisotopic (exact) mass is 289 g/mol. The molecule has 1 N–H and O–H groups in total. The van der Waals surface area contributed by atoms with Crippen molar-refractivity contribution in [1.82, 2.24) is 5.32 Å². The zero-order valence-electron chi connectivity index (χ0n) is 14.2. The minimum Gasteiger partial charge on any atom is -0.494 e. The summed E-state index contributed by atoms with van der Waals surface area (Å²) in [5, 5.41) is 3.74. The van der Waals surface area contributed by atoms with Crippen LogP contribution in [0.15, 0.2) is 24.3 Å². The van der Waals surface area contributed by atoms with E-state index in [4.69, 9.17) is 4.74 Å². The first kappa shape index (κ1) is 16.4. The van der Waals surface area contributed by atoms with Crippen LogP contribution in [0.4, 0.5) is 0 Å². The molecule has 1 aromatic carbocycles. The third kappa shape index (κ3) is 4.47. The van der Waals surface area contributed by atoms with Gasteiger partial charge in [0.15, 0.2) is 0 Å². The maximum absolute atomic E-state index is 5.58. The van der Waals surface area contributed by atoms with Gasteiger partial charge in [-0.15, -0.1) is 0 Å². The van der Waals surface area contributed by atoms with Gasteiger partial charge in [0.2, 0.25) is 0 Å². The van der Waals surface area contributed by atoms with Crippen molar-refractivity contribution < 1.29 is 4.74 Å². The van der Waals surface area contributed by atoms with Crippen molar-refractivity contribution in [2.75, 3.05) is 13.2 Å². The Hall–Kier alpha value is -1.02. The smallest absolute Gasteiger partial charge is 0.119 e. The molecule has 1 saturated carbocycles. The molecule has 0 amide bonds. The van der Waals surface area contributed by atoms with Crippen LogP contribution in [0.5, 0.6) is 5.75 Å². The van der Waals surface area contributed by atoms with Gasteiger partial charge in [-0.2, -0.15) is 0 Å². The van der Waals surface area contributed by atoms with E-state index in [0.29, 0.717) is 5.41 Å². The summed E-state index contributed by atoms with van der Waals surface area (Å²) < 4.78 is 5.58. The van der Waals surface area contributed by atoms with E-state index in [-0.39, 0.29) is 5.54 Å². The fraction of sp³-hybridized carbons (Fsp3) is 0.684. The van der Waals surface area contributed by atoms with Gasteiger partial charge < -0.3 is 10.1 Å². The zero-order valence-corrected chi connectivity index (χ0v) is 14.2. The summed E-state index contributed by atoms with van der Waals surface area (Å²) in [7, 11) is 0. The molecule has 1 fully saturated rings. The average molecular weight is 289 g/mol. The lowest BCUT2D eigenvalue weighted by Gasteiger charge is -2.40. The minimum absolute atomic E-state index is 0.176. The van der Waals surface area contributed by atoms with Crippen LogP contribution in [0.3, 0.4) is 0 Å². The van der Waals surface area contributed by atoms with Gasteiger partial charge in [-0.25, -0.2) is 0 Å². The third-order valence-corrected chi connectivity index (χ3v) is 4.55. The molecule has 0 heterocycles. The number of ether oxygens (including phenoxy) is 1. The lowest BCUT2D eigenvalue weighted by molar-refractivity contribution is 0.253. The number of nitrogens with one attached hydrogen (secondary N) is 1. The Morgan fingerprint density at radius 1 is 1.05 bits per heavy atom. The molecule has 1 aliphatic rings. The molecule has 0 bridgehead atoms. The molecule has 0 atom stereocenters. The van der Waals surface area contributed by atoms with E-state index in [1.165, 1.54) is 37.7 Å². The van der Waals surface area contributed by atoms with E-state index in [2.05, 4.69) is 50.4 Å². The van der Waals surface area contributed by atoms with E-state index in [1.54, 1.807) is 0 Å². The normalized spacial score (nSPS) is 18.5. The van der Waals surface area contributed by atoms with E-state index < -0.39 is 0 Å². The van der Waals surface area contributed by atoms with Crippen molar-refractivity contribution in [3.8, 4) is 5.75 Å². The van der Waals surface area contributed by atoms with E-state index in [9.17, 15) is 0 Å². The number of hydrogen-bond donors (Lipinski definition) is 1. The lowest BCUT2D eigenvalue weighted by Crippen LogP contribution is -2.47. The summed E-state index contributed by atoms with van der Waals surface area (Å²) in [6, 6.07) is 8.82. The molecule has 0 aromatic heterocycles. The second-order valence-electron chi connectivity index (χ2n) is 7.40. The number of benzene rings is 1. The molecule has 2 rings (SSSR count). The molecule has 1 aromatic rings.